The fraction of sp³-hybridized carbons (Fsp3) is 0.0500. The highest BCUT2D eigenvalue weighted by molar-refractivity contribution is 6.22. The first-order valence-electron chi connectivity index (χ1n) is 16.1. The van der Waals surface area contributed by atoms with Gasteiger partial charge in [0.05, 0.1) is 34.1 Å². The van der Waals surface area contributed by atoms with Crippen molar-refractivity contribution in [1.29, 1.82) is 0 Å². The number of pyridine rings is 1. The molecule has 0 amide bonds. The molecular formula is C40H26N6O3. The summed E-state index contributed by atoms with van der Waals surface area (Å²) in [7, 11) is 2.06. The molecule has 0 radical (unpaired) electrons. The van der Waals surface area contributed by atoms with E-state index < -0.39 is 0 Å². The number of ether oxygens (including phenoxy) is 1. The second-order valence-electron chi connectivity index (χ2n) is 12.5. The lowest BCUT2D eigenvalue weighted by Gasteiger charge is -2.19. The molecule has 0 unspecified atom stereocenters. The molecule has 234 valence electrons. The summed E-state index contributed by atoms with van der Waals surface area (Å²) in [5, 5.41) is 3.96. The Morgan fingerprint density at radius 3 is 2.49 bits per heavy atom. The van der Waals surface area contributed by atoms with Gasteiger partial charge >= 0.3 is 0 Å². The number of fused-ring (bicyclic) bond motifs is 12. The molecular weight excluding hydrogens is 612 g/mol. The first kappa shape index (κ1) is 26.3. The van der Waals surface area contributed by atoms with E-state index in [0.29, 0.717) is 17.1 Å². The van der Waals surface area contributed by atoms with Gasteiger partial charge in [0, 0.05) is 59.6 Å². The third-order valence-corrected chi connectivity index (χ3v) is 9.52. The second-order valence-corrected chi connectivity index (χ2v) is 12.5. The SMILES string of the molecule is CN1C=CN(c2cc(Oc3ccc4c(c3)n(-c3ccccn3)c3nc5ccccc5n43)c3oc4c(ccc5oc6ccccc6c54)c3c2)C1. The number of nitrogens with zero attached hydrogens (tertiary/aromatic N) is 6. The summed E-state index contributed by atoms with van der Waals surface area (Å²) in [6.07, 6.45) is 5.95. The predicted molar refractivity (Wildman–Crippen MR) is 193 cm³/mol. The predicted octanol–water partition coefficient (Wildman–Crippen LogP) is 9.60. The van der Waals surface area contributed by atoms with Crippen LogP contribution in [0.1, 0.15) is 0 Å². The summed E-state index contributed by atoms with van der Waals surface area (Å²) >= 11 is 0. The smallest absolute Gasteiger partial charge is 0.221 e. The number of furan rings is 2. The number of hydrogen-bond donors (Lipinski definition) is 0. The van der Waals surface area contributed by atoms with Gasteiger partial charge in [0.15, 0.2) is 11.3 Å². The van der Waals surface area contributed by atoms with Crippen molar-refractivity contribution in [3.05, 3.63) is 128 Å². The van der Waals surface area contributed by atoms with Crippen LogP contribution in [0.3, 0.4) is 0 Å². The minimum absolute atomic E-state index is 0.623. The molecule has 0 fully saturated rings. The third-order valence-electron chi connectivity index (χ3n) is 9.52. The zero-order valence-electron chi connectivity index (χ0n) is 26.2. The van der Waals surface area contributed by atoms with Crippen LogP contribution < -0.4 is 9.64 Å². The number of para-hydroxylation sites is 3. The molecule has 10 aromatic rings. The van der Waals surface area contributed by atoms with Crippen molar-refractivity contribution in [2.75, 3.05) is 18.6 Å². The summed E-state index contributed by atoms with van der Waals surface area (Å²) < 4.78 is 24.1. The molecule has 49 heavy (non-hydrogen) atoms. The highest BCUT2D eigenvalue weighted by Gasteiger charge is 2.23. The molecule has 0 N–H and O–H groups in total. The van der Waals surface area contributed by atoms with Gasteiger partial charge in [-0.2, -0.15) is 0 Å². The van der Waals surface area contributed by atoms with Gasteiger partial charge in [0.25, 0.3) is 0 Å². The van der Waals surface area contributed by atoms with Crippen molar-refractivity contribution < 1.29 is 13.6 Å². The first-order valence-corrected chi connectivity index (χ1v) is 16.1. The normalized spacial score (nSPS) is 13.6. The lowest BCUT2D eigenvalue weighted by molar-refractivity contribution is 0.476. The molecule has 0 saturated carbocycles. The summed E-state index contributed by atoms with van der Waals surface area (Å²) in [6.45, 7) is 0.731. The van der Waals surface area contributed by atoms with Crippen molar-refractivity contribution in [3.8, 4) is 17.3 Å². The molecule has 9 nitrogen and oxygen atoms in total. The number of imidazole rings is 2. The van der Waals surface area contributed by atoms with Crippen LogP contribution in [0.5, 0.6) is 11.5 Å². The Morgan fingerprint density at radius 1 is 0.694 bits per heavy atom. The zero-order valence-corrected chi connectivity index (χ0v) is 26.2. The van der Waals surface area contributed by atoms with E-state index in [-0.39, 0.29) is 0 Å². The van der Waals surface area contributed by atoms with Gasteiger partial charge < -0.3 is 23.4 Å². The van der Waals surface area contributed by atoms with Crippen molar-refractivity contribution in [1.82, 2.24) is 23.8 Å². The standard InChI is InChI=1S/C40H26N6O3/c1-43-18-19-44(23-43)24-20-28-26-14-16-34-37(27-8-2-5-11-33(27)48-34)39(26)49-38(28)35(21-24)47-25-13-15-31-32(22-25)46(36-12-6-7-17-41-36)40-42-29-9-3-4-10-30(29)45(31)40/h2-22H,23H2,1H3. The number of rotatable bonds is 4. The summed E-state index contributed by atoms with van der Waals surface area (Å²) in [5.41, 5.74) is 7.97. The molecule has 11 rings (SSSR count). The topological polar surface area (TPSA) is 77.1 Å². The first-order chi connectivity index (χ1) is 24.2. The van der Waals surface area contributed by atoms with Gasteiger partial charge in [-0.3, -0.25) is 8.97 Å². The molecule has 1 aliphatic rings. The lowest BCUT2D eigenvalue weighted by Crippen LogP contribution is -2.21. The van der Waals surface area contributed by atoms with Crippen molar-refractivity contribution in [2.45, 2.75) is 0 Å². The van der Waals surface area contributed by atoms with Crippen molar-refractivity contribution in [3.63, 3.8) is 0 Å². The fourth-order valence-electron chi connectivity index (χ4n) is 7.32. The monoisotopic (exact) mass is 638 g/mol. The Kier molecular flexibility index (Phi) is 5.19. The van der Waals surface area contributed by atoms with Crippen LogP contribution in [0.15, 0.2) is 137 Å². The maximum atomic E-state index is 6.84. The fourth-order valence-corrected chi connectivity index (χ4v) is 7.32. The molecule has 0 spiro atoms. The van der Waals surface area contributed by atoms with Gasteiger partial charge in [-0.15, -0.1) is 0 Å². The van der Waals surface area contributed by atoms with Crippen LogP contribution in [-0.2, 0) is 0 Å². The van der Waals surface area contributed by atoms with Crippen LogP contribution >= 0.6 is 0 Å². The molecule has 6 heterocycles. The van der Waals surface area contributed by atoms with Crippen LogP contribution in [0.4, 0.5) is 5.69 Å². The lowest BCUT2D eigenvalue weighted by atomic mass is 10.1. The average Bonchev–Trinajstić information content (AvgIpc) is 3.94. The van der Waals surface area contributed by atoms with E-state index >= 15 is 0 Å². The second kappa shape index (κ2) is 9.65. The molecule has 0 bridgehead atoms. The molecule has 0 atom stereocenters. The van der Waals surface area contributed by atoms with Gasteiger partial charge in [0.1, 0.15) is 28.3 Å². The molecule has 0 saturated heterocycles. The Labute approximate surface area is 278 Å². The van der Waals surface area contributed by atoms with Gasteiger partial charge in [-0.1, -0.05) is 36.4 Å². The molecule has 9 heteroatoms. The maximum absolute atomic E-state index is 6.84. The summed E-state index contributed by atoms with van der Waals surface area (Å²) in [4.78, 5) is 14.1. The zero-order chi connectivity index (χ0) is 32.2. The van der Waals surface area contributed by atoms with Crippen molar-refractivity contribution in [2.24, 2.45) is 0 Å². The number of aromatic nitrogens is 4. The Bertz CT molecular complexity index is 2980. The summed E-state index contributed by atoms with van der Waals surface area (Å²) in [5.74, 6) is 2.85. The molecule has 0 aliphatic carbocycles. The van der Waals surface area contributed by atoms with Crippen molar-refractivity contribution >= 4 is 77.4 Å². The van der Waals surface area contributed by atoms with E-state index in [9.17, 15) is 0 Å². The molecule has 1 aliphatic heterocycles. The van der Waals surface area contributed by atoms with Gasteiger partial charge in [-0.25, -0.2) is 9.97 Å². The largest absolute Gasteiger partial charge is 0.456 e. The number of anilines is 1. The van der Waals surface area contributed by atoms with Crippen LogP contribution in [-0.4, -0.2) is 37.6 Å². The van der Waals surface area contributed by atoms with E-state index in [4.69, 9.17) is 23.5 Å². The number of hydrogen-bond acceptors (Lipinski definition) is 7. The van der Waals surface area contributed by atoms with Crippen LogP contribution in [0, 0.1) is 0 Å². The highest BCUT2D eigenvalue weighted by atomic mass is 16.5. The molecule has 5 aromatic carbocycles. The average molecular weight is 639 g/mol. The quantitative estimate of drug-likeness (QED) is 0.190. The summed E-state index contributed by atoms with van der Waals surface area (Å²) in [6, 6.07) is 36.7. The van der Waals surface area contributed by atoms with E-state index in [1.54, 1.807) is 6.20 Å². The third kappa shape index (κ3) is 3.75. The van der Waals surface area contributed by atoms with Crippen LogP contribution in [0.25, 0.3) is 77.5 Å². The van der Waals surface area contributed by atoms with E-state index in [2.05, 4.69) is 80.7 Å². The number of benzene rings is 5. The van der Waals surface area contributed by atoms with Gasteiger partial charge in [-0.05, 0) is 60.7 Å². The maximum Gasteiger partial charge on any atom is 0.221 e. The van der Waals surface area contributed by atoms with E-state index in [1.165, 1.54) is 0 Å². The van der Waals surface area contributed by atoms with Gasteiger partial charge in [0.2, 0.25) is 5.78 Å². The molecule has 5 aromatic heterocycles. The Morgan fingerprint density at radius 2 is 1.59 bits per heavy atom. The minimum atomic E-state index is 0.623. The van der Waals surface area contributed by atoms with Crippen LogP contribution in [0.2, 0.25) is 0 Å². The Hall–Kier alpha value is -6.74. The Balaban J connectivity index is 1.15. The van der Waals surface area contributed by atoms with E-state index in [0.717, 1.165) is 84.3 Å². The van der Waals surface area contributed by atoms with E-state index in [1.807, 2.05) is 66.7 Å². The highest BCUT2D eigenvalue weighted by Crippen LogP contribution is 2.45. The minimum Gasteiger partial charge on any atom is -0.456 e.